The molecule has 0 aliphatic heterocycles. The molecule has 11 heteroatoms. The lowest BCUT2D eigenvalue weighted by Crippen LogP contribution is -2.62. The predicted octanol–water partition coefficient (Wildman–Crippen LogP) is 2.77. The third kappa shape index (κ3) is 3.49. The number of hydrazine groups is 1. The Bertz CT molecular complexity index is 1020. The van der Waals surface area contributed by atoms with Gasteiger partial charge in [0.2, 0.25) is 11.2 Å². The Labute approximate surface area is 191 Å². The maximum Gasteiger partial charge on any atom is 0.244 e. The number of nitrogens with one attached hydrogen (secondary N) is 3. The molecule has 2 atom stereocenters. The van der Waals surface area contributed by atoms with E-state index >= 15 is 0 Å². The summed E-state index contributed by atoms with van der Waals surface area (Å²) >= 11 is 11.4. The summed E-state index contributed by atoms with van der Waals surface area (Å²) in [6.07, 6.45) is 9.28. The number of thiocarbonyl (C=S) groups is 1. The van der Waals surface area contributed by atoms with Crippen molar-refractivity contribution < 1.29 is 4.79 Å². The van der Waals surface area contributed by atoms with Crippen LogP contribution in [0.4, 0.5) is 5.69 Å². The smallest absolute Gasteiger partial charge is 0.244 e. The lowest BCUT2D eigenvalue weighted by molar-refractivity contribution is -0.156. The van der Waals surface area contributed by atoms with E-state index in [4.69, 9.17) is 23.8 Å². The number of aromatic nitrogens is 5. The number of hydrogen-bond donors (Lipinski definition) is 3. The van der Waals surface area contributed by atoms with Crippen molar-refractivity contribution in [3.05, 3.63) is 23.5 Å². The molecule has 3 N–H and O–H groups in total. The van der Waals surface area contributed by atoms with E-state index in [0.717, 1.165) is 50.0 Å². The molecule has 166 valence electrons. The highest BCUT2D eigenvalue weighted by atomic mass is 35.5. The highest BCUT2D eigenvalue weighted by Gasteiger charge is 2.61. The van der Waals surface area contributed by atoms with Crippen LogP contribution >= 0.6 is 23.8 Å². The van der Waals surface area contributed by atoms with Crippen LogP contribution in [0.3, 0.4) is 0 Å². The van der Waals surface area contributed by atoms with Crippen LogP contribution in [0.5, 0.6) is 0 Å². The fraction of sp³-hybridized carbons (Fsp3) is 0.650. The molecular weight excluding hydrogens is 436 g/mol. The number of rotatable bonds is 4. The second-order valence-electron chi connectivity index (χ2n) is 9.42. The van der Waals surface area contributed by atoms with Crippen molar-refractivity contribution in [2.75, 3.05) is 5.32 Å². The van der Waals surface area contributed by atoms with E-state index in [2.05, 4.69) is 31.3 Å². The van der Waals surface area contributed by atoms with Gasteiger partial charge in [0.15, 0.2) is 5.11 Å². The van der Waals surface area contributed by atoms with Gasteiger partial charge in [-0.2, -0.15) is 5.10 Å². The van der Waals surface area contributed by atoms with Crippen molar-refractivity contribution in [2.24, 2.45) is 17.3 Å². The topological polar surface area (TPSA) is 102 Å². The first-order valence-electron chi connectivity index (χ1n) is 10.8. The Morgan fingerprint density at radius 1 is 1.29 bits per heavy atom. The molecule has 4 fully saturated rings. The Morgan fingerprint density at radius 3 is 2.65 bits per heavy atom. The minimum atomic E-state index is -0.422. The minimum absolute atomic E-state index is 0.00214. The fourth-order valence-corrected chi connectivity index (χ4v) is 6.79. The molecule has 4 bridgehead atoms. The minimum Gasteiger partial charge on any atom is -0.329 e. The number of amides is 1. The Hall–Kier alpha value is -2.20. The summed E-state index contributed by atoms with van der Waals surface area (Å²) < 4.78 is 3.80. The van der Waals surface area contributed by atoms with E-state index < -0.39 is 5.41 Å². The SMILES string of the molecule is CCn1ncc(NC(=S)NNC(=O)C23C[C@H]4C[C@H](C2)CC(n2cnc(Cl)n2)(C4)C3)c1C. The number of anilines is 1. The van der Waals surface area contributed by atoms with Crippen LogP contribution in [-0.2, 0) is 16.9 Å². The zero-order chi connectivity index (χ0) is 21.8. The first kappa shape index (κ1) is 20.7. The van der Waals surface area contributed by atoms with Gasteiger partial charge < -0.3 is 5.32 Å². The molecule has 6 rings (SSSR count). The monoisotopic (exact) mass is 462 g/mol. The van der Waals surface area contributed by atoms with Gasteiger partial charge >= 0.3 is 0 Å². The number of nitrogens with zero attached hydrogens (tertiary/aromatic N) is 5. The molecule has 1 amide bonds. The third-order valence-electron chi connectivity index (χ3n) is 7.40. The number of carbonyl (C=O) groups is 1. The van der Waals surface area contributed by atoms with Gasteiger partial charge in [-0.25, -0.2) is 9.67 Å². The zero-order valence-corrected chi connectivity index (χ0v) is 19.3. The molecule has 2 aromatic heterocycles. The molecule has 4 aliphatic rings. The van der Waals surface area contributed by atoms with Crippen LogP contribution in [0.25, 0.3) is 0 Å². The van der Waals surface area contributed by atoms with Gasteiger partial charge in [-0.15, -0.1) is 5.10 Å². The maximum absolute atomic E-state index is 13.4. The molecule has 4 aliphatic carbocycles. The van der Waals surface area contributed by atoms with E-state index in [0.29, 0.717) is 16.9 Å². The number of hydrogen-bond acceptors (Lipinski definition) is 5. The molecule has 0 aromatic carbocycles. The summed E-state index contributed by atoms with van der Waals surface area (Å²) in [7, 11) is 0. The second kappa shape index (κ2) is 7.44. The molecule has 4 saturated carbocycles. The number of halogens is 1. The second-order valence-corrected chi connectivity index (χ2v) is 10.2. The molecular formula is C20H27ClN8OS. The third-order valence-corrected chi connectivity index (χ3v) is 7.78. The summed E-state index contributed by atoms with van der Waals surface area (Å²) in [4.78, 5) is 17.5. The summed E-state index contributed by atoms with van der Waals surface area (Å²) in [5.74, 6) is 1.03. The summed E-state index contributed by atoms with van der Waals surface area (Å²) in [5, 5.41) is 12.4. The standard InChI is InChI=1S/C20H27ClN8OS/c1-3-28-12(2)15(9-23-28)24-18(31)26-25-16(30)19-5-13-4-14(6-19)8-20(7-13,10-19)29-11-22-17(21)27-29/h9,11,13-14H,3-8,10H2,1-2H3,(H,25,30)(H2,24,26,31)/t13-,14-,19?,20?/m1/s1. The van der Waals surface area contributed by atoms with Gasteiger partial charge in [0, 0.05) is 6.54 Å². The van der Waals surface area contributed by atoms with Crippen LogP contribution in [0.1, 0.15) is 51.1 Å². The molecule has 0 radical (unpaired) electrons. The van der Waals surface area contributed by atoms with Gasteiger partial charge in [0.25, 0.3) is 0 Å². The van der Waals surface area contributed by atoms with Gasteiger partial charge in [-0.05, 0) is 88.0 Å². The van der Waals surface area contributed by atoms with Crippen LogP contribution in [0.15, 0.2) is 12.5 Å². The average molecular weight is 463 g/mol. The van der Waals surface area contributed by atoms with Crippen LogP contribution < -0.4 is 16.2 Å². The molecule has 2 heterocycles. The van der Waals surface area contributed by atoms with E-state index in [9.17, 15) is 4.79 Å². The van der Waals surface area contributed by atoms with E-state index in [1.807, 2.05) is 23.2 Å². The van der Waals surface area contributed by atoms with Crippen molar-refractivity contribution in [1.29, 1.82) is 0 Å². The molecule has 9 nitrogen and oxygen atoms in total. The molecule has 2 aromatic rings. The van der Waals surface area contributed by atoms with Gasteiger partial charge in [-0.1, -0.05) is 0 Å². The number of carbonyl (C=O) groups excluding carboxylic acids is 1. The lowest BCUT2D eigenvalue weighted by atomic mass is 9.46. The van der Waals surface area contributed by atoms with Crippen molar-refractivity contribution in [3.8, 4) is 0 Å². The molecule has 31 heavy (non-hydrogen) atoms. The quantitative estimate of drug-likeness (QED) is 0.474. The van der Waals surface area contributed by atoms with E-state index in [1.165, 1.54) is 6.42 Å². The Balaban J connectivity index is 1.28. The van der Waals surface area contributed by atoms with Gasteiger partial charge in [0.05, 0.1) is 28.5 Å². The van der Waals surface area contributed by atoms with Crippen LogP contribution in [-0.4, -0.2) is 35.6 Å². The average Bonchev–Trinajstić information content (AvgIpc) is 3.31. The van der Waals surface area contributed by atoms with Crippen molar-refractivity contribution in [1.82, 2.24) is 35.4 Å². The fourth-order valence-electron chi connectivity index (χ4n) is 6.51. The first-order chi connectivity index (χ1) is 14.8. The summed E-state index contributed by atoms with van der Waals surface area (Å²) in [6, 6.07) is 0. The van der Waals surface area contributed by atoms with Crippen molar-refractivity contribution in [3.63, 3.8) is 0 Å². The molecule has 0 unspecified atom stereocenters. The van der Waals surface area contributed by atoms with E-state index in [-0.39, 0.29) is 16.7 Å². The van der Waals surface area contributed by atoms with Crippen LogP contribution in [0, 0.1) is 24.2 Å². The summed E-state index contributed by atoms with van der Waals surface area (Å²) in [6.45, 7) is 4.80. The van der Waals surface area contributed by atoms with Crippen molar-refractivity contribution >= 4 is 40.5 Å². The largest absolute Gasteiger partial charge is 0.329 e. The molecule has 0 spiro atoms. The van der Waals surface area contributed by atoms with Crippen molar-refractivity contribution in [2.45, 2.75) is 64.5 Å². The van der Waals surface area contributed by atoms with Gasteiger partial charge in [0.1, 0.15) is 6.33 Å². The highest BCUT2D eigenvalue weighted by Crippen LogP contribution is 2.64. The van der Waals surface area contributed by atoms with Crippen LogP contribution in [0.2, 0.25) is 5.28 Å². The zero-order valence-electron chi connectivity index (χ0n) is 17.7. The van der Waals surface area contributed by atoms with Gasteiger partial charge in [-0.3, -0.25) is 20.3 Å². The lowest BCUT2D eigenvalue weighted by Gasteiger charge is -2.60. The molecule has 0 saturated heterocycles. The highest BCUT2D eigenvalue weighted by molar-refractivity contribution is 7.80. The first-order valence-corrected chi connectivity index (χ1v) is 11.6. The normalized spacial score (nSPS) is 30.9. The van der Waals surface area contributed by atoms with E-state index in [1.54, 1.807) is 12.5 Å². The predicted molar refractivity (Wildman–Crippen MR) is 120 cm³/mol. The Kier molecular flexibility index (Phi) is 4.97. The maximum atomic E-state index is 13.4. The number of aryl methyl sites for hydroxylation is 1. The Morgan fingerprint density at radius 2 is 2.03 bits per heavy atom. The summed E-state index contributed by atoms with van der Waals surface area (Å²) in [5.41, 5.74) is 7.00.